The van der Waals surface area contributed by atoms with Gasteiger partial charge < -0.3 is 18.9 Å². The Hall–Kier alpha value is -4.63. The second-order valence-electron chi connectivity index (χ2n) is 8.79. The fraction of sp³-hybridized carbons (Fsp3) is 0.194. The molecule has 0 spiro atoms. The van der Waals surface area contributed by atoms with Gasteiger partial charge in [0.15, 0.2) is 16.3 Å². The van der Waals surface area contributed by atoms with Crippen molar-refractivity contribution in [3.63, 3.8) is 0 Å². The van der Waals surface area contributed by atoms with Crippen LogP contribution in [-0.4, -0.2) is 38.5 Å². The van der Waals surface area contributed by atoms with E-state index in [9.17, 15) is 9.59 Å². The number of fused-ring (bicyclic) bond motifs is 1. The summed E-state index contributed by atoms with van der Waals surface area (Å²) in [6.07, 6.45) is 1.80. The SMILES string of the molecule is CCOC(=O)C1=C(c2ccccc2)N=c2s/c(=C\c3ccc(OC)cc3)c(=O)n2[C@H]1c1cccc(OC)c1OC. The van der Waals surface area contributed by atoms with Crippen LogP contribution in [0.1, 0.15) is 29.7 Å². The first kappa shape index (κ1) is 27.0. The number of hydrogen-bond acceptors (Lipinski definition) is 8. The van der Waals surface area contributed by atoms with E-state index in [2.05, 4.69) is 0 Å². The van der Waals surface area contributed by atoms with E-state index in [-0.39, 0.29) is 17.7 Å². The van der Waals surface area contributed by atoms with Gasteiger partial charge in [-0.3, -0.25) is 9.36 Å². The fourth-order valence-electron chi connectivity index (χ4n) is 4.71. The minimum atomic E-state index is -0.881. The number of ether oxygens (including phenoxy) is 4. The van der Waals surface area contributed by atoms with Crippen LogP contribution < -0.4 is 29.1 Å². The van der Waals surface area contributed by atoms with E-state index in [0.29, 0.717) is 32.1 Å². The van der Waals surface area contributed by atoms with Gasteiger partial charge in [-0.1, -0.05) is 65.9 Å². The first-order valence-electron chi connectivity index (χ1n) is 12.6. The molecule has 3 aromatic carbocycles. The van der Waals surface area contributed by atoms with Crippen LogP contribution in [0.3, 0.4) is 0 Å². The Morgan fingerprint density at radius 1 is 0.950 bits per heavy atom. The highest BCUT2D eigenvalue weighted by atomic mass is 32.1. The molecule has 40 heavy (non-hydrogen) atoms. The molecule has 4 aromatic rings. The van der Waals surface area contributed by atoms with Gasteiger partial charge in [-0.2, -0.15) is 0 Å². The van der Waals surface area contributed by atoms with E-state index in [4.69, 9.17) is 23.9 Å². The average molecular weight is 557 g/mol. The second kappa shape index (κ2) is 11.6. The smallest absolute Gasteiger partial charge is 0.338 e. The van der Waals surface area contributed by atoms with Crippen molar-refractivity contribution in [2.45, 2.75) is 13.0 Å². The van der Waals surface area contributed by atoms with Gasteiger partial charge >= 0.3 is 5.97 Å². The Kier molecular flexibility index (Phi) is 7.84. The van der Waals surface area contributed by atoms with Gasteiger partial charge in [0.2, 0.25) is 0 Å². The second-order valence-corrected chi connectivity index (χ2v) is 9.80. The van der Waals surface area contributed by atoms with E-state index in [1.807, 2.05) is 60.7 Å². The van der Waals surface area contributed by atoms with Crippen molar-refractivity contribution in [2.24, 2.45) is 4.99 Å². The summed E-state index contributed by atoms with van der Waals surface area (Å²) < 4.78 is 24.1. The highest BCUT2D eigenvalue weighted by molar-refractivity contribution is 7.07. The zero-order valence-corrected chi connectivity index (χ0v) is 23.4. The van der Waals surface area contributed by atoms with Crippen molar-refractivity contribution >= 4 is 29.1 Å². The number of aromatic nitrogens is 1. The zero-order valence-electron chi connectivity index (χ0n) is 22.5. The van der Waals surface area contributed by atoms with Crippen LogP contribution >= 0.6 is 11.3 Å². The van der Waals surface area contributed by atoms with Crippen LogP contribution in [0.4, 0.5) is 0 Å². The van der Waals surface area contributed by atoms with E-state index in [1.54, 1.807) is 39.4 Å². The number of esters is 1. The Bertz CT molecular complexity index is 1750. The average Bonchev–Trinajstić information content (AvgIpc) is 3.30. The summed E-state index contributed by atoms with van der Waals surface area (Å²) in [6, 6.07) is 21.3. The lowest BCUT2D eigenvalue weighted by molar-refractivity contribution is -0.138. The molecule has 0 fully saturated rings. The van der Waals surface area contributed by atoms with E-state index in [1.165, 1.54) is 23.0 Å². The van der Waals surface area contributed by atoms with Crippen molar-refractivity contribution < 1.29 is 23.7 Å². The van der Waals surface area contributed by atoms with Gasteiger partial charge in [-0.15, -0.1) is 0 Å². The van der Waals surface area contributed by atoms with Crippen molar-refractivity contribution in [2.75, 3.05) is 27.9 Å². The number of carbonyl (C=O) groups excluding carboxylic acids is 1. The monoisotopic (exact) mass is 556 g/mol. The van der Waals surface area contributed by atoms with Gasteiger partial charge in [0.25, 0.3) is 5.56 Å². The number of thiazole rings is 1. The van der Waals surface area contributed by atoms with Crippen LogP contribution in [-0.2, 0) is 9.53 Å². The third-order valence-electron chi connectivity index (χ3n) is 6.52. The number of benzene rings is 3. The standard InChI is InChI=1S/C31H28N2O6S/c1-5-39-30(35)25-26(20-10-7-6-8-11-20)32-31-33(27(25)22-12-9-13-23(37-3)28(22)38-4)29(34)24(40-31)18-19-14-16-21(36-2)17-15-19/h6-18,27H,5H2,1-4H3/b24-18-/t27-/m0/s1. The van der Waals surface area contributed by atoms with Crippen molar-refractivity contribution in [3.8, 4) is 17.2 Å². The maximum Gasteiger partial charge on any atom is 0.338 e. The molecule has 9 heteroatoms. The van der Waals surface area contributed by atoms with Gasteiger partial charge in [0.05, 0.1) is 43.7 Å². The molecule has 0 saturated heterocycles. The molecule has 0 amide bonds. The number of carbonyl (C=O) groups is 1. The molecule has 0 N–H and O–H groups in total. The Balaban J connectivity index is 1.85. The summed E-state index contributed by atoms with van der Waals surface area (Å²) in [5.74, 6) is 1.04. The largest absolute Gasteiger partial charge is 0.497 e. The molecule has 1 atom stereocenters. The first-order chi connectivity index (χ1) is 19.5. The lowest BCUT2D eigenvalue weighted by atomic mass is 9.92. The maximum atomic E-state index is 14.1. The minimum Gasteiger partial charge on any atom is -0.497 e. The van der Waals surface area contributed by atoms with Crippen LogP contribution in [0, 0.1) is 0 Å². The lowest BCUT2D eigenvalue weighted by Crippen LogP contribution is -2.40. The van der Waals surface area contributed by atoms with Crippen molar-refractivity contribution in [3.05, 3.63) is 115 Å². The molecule has 5 rings (SSSR count). The van der Waals surface area contributed by atoms with Crippen LogP contribution in [0.2, 0.25) is 0 Å². The number of nitrogens with zero attached hydrogens (tertiary/aromatic N) is 2. The summed E-state index contributed by atoms with van der Waals surface area (Å²) in [5, 5.41) is 0. The number of rotatable bonds is 8. The fourth-order valence-corrected chi connectivity index (χ4v) is 5.71. The van der Waals surface area contributed by atoms with Gasteiger partial charge in [-0.05, 0) is 36.8 Å². The Morgan fingerprint density at radius 2 is 1.70 bits per heavy atom. The van der Waals surface area contributed by atoms with E-state index >= 15 is 0 Å². The molecular formula is C31H28N2O6S. The normalized spacial score (nSPS) is 14.8. The Morgan fingerprint density at radius 3 is 2.35 bits per heavy atom. The summed E-state index contributed by atoms with van der Waals surface area (Å²) in [6.45, 7) is 1.90. The molecule has 0 radical (unpaired) electrons. The maximum absolute atomic E-state index is 14.1. The number of para-hydroxylation sites is 1. The predicted octanol–water partition coefficient (Wildman–Crippen LogP) is 3.96. The lowest BCUT2D eigenvalue weighted by Gasteiger charge is -2.27. The molecule has 0 bridgehead atoms. The van der Waals surface area contributed by atoms with E-state index < -0.39 is 12.0 Å². The van der Waals surface area contributed by atoms with Crippen molar-refractivity contribution in [1.82, 2.24) is 4.57 Å². The topological polar surface area (TPSA) is 88.4 Å². The zero-order chi connectivity index (χ0) is 28.2. The predicted molar refractivity (Wildman–Crippen MR) is 154 cm³/mol. The molecule has 0 unspecified atom stereocenters. The molecule has 8 nitrogen and oxygen atoms in total. The van der Waals surface area contributed by atoms with Crippen LogP contribution in [0.15, 0.2) is 88.2 Å². The molecule has 0 aliphatic carbocycles. The highest BCUT2D eigenvalue weighted by Gasteiger charge is 2.37. The highest BCUT2D eigenvalue weighted by Crippen LogP contribution is 2.42. The van der Waals surface area contributed by atoms with Crippen molar-refractivity contribution in [1.29, 1.82) is 0 Å². The molecule has 1 aliphatic heterocycles. The summed E-state index contributed by atoms with van der Waals surface area (Å²) >= 11 is 1.25. The van der Waals surface area contributed by atoms with Crippen LogP contribution in [0.5, 0.6) is 17.2 Å². The molecular weight excluding hydrogens is 528 g/mol. The molecule has 2 heterocycles. The van der Waals surface area contributed by atoms with Crippen LogP contribution in [0.25, 0.3) is 11.8 Å². The van der Waals surface area contributed by atoms with Gasteiger partial charge in [-0.25, -0.2) is 9.79 Å². The summed E-state index contributed by atoms with van der Waals surface area (Å²) in [4.78, 5) is 33.0. The minimum absolute atomic E-state index is 0.161. The number of hydrogen-bond donors (Lipinski definition) is 0. The summed E-state index contributed by atoms with van der Waals surface area (Å²) in [7, 11) is 4.67. The number of methoxy groups -OCH3 is 3. The van der Waals surface area contributed by atoms with Gasteiger partial charge in [0.1, 0.15) is 11.8 Å². The Labute approximate surface area is 235 Å². The summed E-state index contributed by atoms with van der Waals surface area (Å²) in [5.41, 5.74) is 2.52. The van der Waals surface area contributed by atoms with Gasteiger partial charge in [0, 0.05) is 11.1 Å². The third-order valence-corrected chi connectivity index (χ3v) is 7.50. The molecule has 1 aromatic heterocycles. The quantitative estimate of drug-likeness (QED) is 0.306. The molecule has 204 valence electrons. The molecule has 0 saturated carbocycles. The van der Waals surface area contributed by atoms with E-state index in [0.717, 1.165) is 16.9 Å². The first-order valence-corrected chi connectivity index (χ1v) is 13.5. The third kappa shape index (κ3) is 4.91. The molecule has 1 aliphatic rings.